The molecule has 0 N–H and O–H groups in total. The number of hydrogen-bond acceptors (Lipinski definition) is 0. The van der Waals surface area contributed by atoms with E-state index in [0.717, 1.165) is 0 Å². The normalized spacial score (nSPS) is 26.1. The molecule has 0 aromatic rings. The molecule has 3 heteroatoms. The summed E-state index contributed by atoms with van der Waals surface area (Å²) in [4.78, 5) is 0. The third-order valence-electron chi connectivity index (χ3n) is 5.24. The van der Waals surface area contributed by atoms with Gasteiger partial charge in [-0.15, -0.1) is 0 Å². The first-order chi connectivity index (χ1) is 9.36. The molecule has 3 rings (SSSR count). The van der Waals surface area contributed by atoms with Gasteiger partial charge in [0.2, 0.25) is 0 Å². The van der Waals surface area contributed by atoms with Crippen molar-refractivity contribution >= 4 is 19.5 Å². The fraction of sp³-hybridized carbons (Fsp3) is 1.00. The molecule has 3 aliphatic carbocycles. The second-order valence-corrected chi connectivity index (χ2v) is 10.8. The van der Waals surface area contributed by atoms with Gasteiger partial charge in [-0.1, -0.05) is 46.4 Å². The van der Waals surface area contributed by atoms with Crippen LogP contribution >= 0.6 is 19.5 Å². The predicted octanol–water partition coefficient (Wildman–Crippen LogP) is 6.03. The van der Waals surface area contributed by atoms with Crippen LogP contribution in [0.4, 0.5) is 0 Å². The first kappa shape index (κ1) is 16.7. The van der Waals surface area contributed by atoms with Crippen LogP contribution < -0.4 is 0 Å². The average molecular weight is 394 g/mol. The second kappa shape index (κ2) is 9.41. The summed E-state index contributed by atoms with van der Waals surface area (Å²) in [6.07, 6.45) is 19.0. The molecule has 0 heterocycles. The summed E-state index contributed by atoms with van der Waals surface area (Å²) in [7, 11) is 0.436. The molecular formula is C16H29ClPPd. The van der Waals surface area contributed by atoms with Crippen LogP contribution in [0, 0.1) is 0 Å². The van der Waals surface area contributed by atoms with E-state index in [-0.39, 0.29) is 0 Å². The van der Waals surface area contributed by atoms with Crippen LogP contribution in [0.25, 0.3) is 0 Å². The van der Waals surface area contributed by atoms with E-state index in [2.05, 4.69) is 19.2 Å². The number of hydrogen-bond donors (Lipinski definition) is 0. The third-order valence-corrected chi connectivity index (χ3v) is 9.32. The number of rotatable bonds is 3. The Hall–Kier alpha value is 1.38. The fourth-order valence-electron chi connectivity index (χ4n) is 4.50. The summed E-state index contributed by atoms with van der Waals surface area (Å²) < 4.78 is 0.572. The van der Waals surface area contributed by atoms with E-state index in [0.29, 0.717) is 12.3 Å². The van der Waals surface area contributed by atoms with E-state index >= 15 is 0 Å². The van der Waals surface area contributed by atoms with E-state index in [4.69, 9.17) is 11.6 Å². The van der Waals surface area contributed by atoms with Crippen LogP contribution in [0.1, 0.15) is 77.0 Å². The van der Waals surface area contributed by atoms with E-state index < -0.39 is 0 Å². The van der Waals surface area contributed by atoms with E-state index in [1.54, 1.807) is 77.0 Å². The SMILES string of the molecule is C1CCC(P(C2CCCC2)C2CCCC2)C1.Cl[CH2][Pd]. The van der Waals surface area contributed by atoms with Gasteiger partial charge in [-0.2, -0.15) is 0 Å². The van der Waals surface area contributed by atoms with Gasteiger partial charge < -0.3 is 0 Å². The van der Waals surface area contributed by atoms with Gasteiger partial charge >= 0.3 is 35.2 Å². The molecule has 0 amide bonds. The quantitative estimate of drug-likeness (QED) is 0.312. The maximum absolute atomic E-state index is 4.93. The molecular weight excluding hydrogens is 365 g/mol. The van der Waals surface area contributed by atoms with Crippen LogP contribution in [0.15, 0.2) is 0 Å². The number of alkyl halides is 1. The Morgan fingerprint density at radius 2 is 0.895 bits per heavy atom. The average Bonchev–Trinajstić information content (AvgIpc) is 3.15. The van der Waals surface area contributed by atoms with Gasteiger partial charge in [0.05, 0.1) is 0 Å². The molecule has 0 bridgehead atoms. The molecule has 0 aliphatic heterocycles. The Labute approximate surface area is 137 Å². The van der Waals surface area contributed by atoms with Crippen LogP contribution in [0.2, 0.25) is 0 Å². The van der Waals surface area contributed by atoms with Crippen LogP contribution in [0.5, 0.6) is 0 Å². The van der Waals surface area contributed by atoms with Crippen molar-refractivity contribution in [2.45, 2.75) is 94.0 Å². The molecule has 19 heavy (non-hydrogen) atoms. The first-order valence-corrected chi connectivity index (χ1v) is 11.4. The summed E-state index contributed by atoms with van der Waals surface area (Å²) in [6.45, 7) is 0. The molecule has 0 unspecified atom stereocenters. The molecule has 0 aromatic carbocycles. The molecule has 0 atom stereocenters. The zero-order valence-corrected chi connectivity index (χ0v) is 15.3. The van der Waals surface area contributed by atoms with Gasteiger partial charge in [-0.25, -0.2) is 0 Å². The maximum atomic E-state index is 4.93. The first-order valence-electron chi connectivity index (χ1n) is 8.21. The Morgan fingerprint density at radius 3 is 1.11 bits per heavy atom. The van der Waals surface area contributed by atoms with Crippen LogP contribution in [-0.2, 0) is 19.2 Å². The molecule has 0 aromatic heterocycles. The molecule has 3 fully saturated rings. The van der Waals surface area contributed by atoms with Gasteiger partial charge in [-0.05, 0) is 55.5 Å². The van der Waals surface area contributed by atoms with Gasteiger partial charge in [0, 0.05) is 0 Å². The summed E-state index contributed by atoms with van der Waals surface area (Å²) in [5, 5.41) is 0. The van der Waals surface area contributed by atoms with E-state index in [1.165, 1.54) is 17.0 Å². The van der Waals surface area contributed by atoms with Crippen molar-refractivity contribution in [2.75, 3.05) is 4.35 Å². The van der Waals surface area contributed by atoms with Crippen molar-refractivity contribution in [1.29, 1.82) is 0 Å². The summed E-state index contributed by atoms with van der Waals surface area (Å²) >= 11 is 7.64. The number of halogens is 1. The summed E-state index contributed by atoms with van der Waals surface area (Å²) in [5.41, 5.74) is 3.63. The molecule has 0 radical (unpaired) electrons. The molecule has 0 nitrogen and oxygen atoms in total. The minimum absolute atomic E-state index is 0.436. The monoisotopic (exact) mass is 393 g/mol. The third kappa shape index (κ3) is 4.95. The molecule has 0 spiro atoms. The standard InChI is InChI=1S/C15H27P.CH2Cl.Pd/c1-2-8-13(7-1)16(14-9-3-4-10-14)15-11-5-6-12-15;1-2;/h13-15H,1-12H2;1H2;. The Kier molecular flexibility index (Phi) is 8.29. The summed E-state index contributed by atoms with van der Waals surface area (Å²) in [6, 6.07) is 0. The fourth-order valence-corrected chi connectivity index (χ4v) is 9.17. The van der Waals surface area contributed by atoms with Gasteiger partial charge in [-0.3, -0.25) is 0 Å². The summed E-state index contributed by atoms with van der Waals surface area (Å²) in [5.74, 6) is 0. The van der Waals surface area contributed by atoms with E-state index in [1.807, 2.05) is 0 Å². The topological polar surface area (TPSA) is 0 Å². The predicted molar refractivity (Wildman–Crippen MR) is 84.4 cm³/mol. The molecule has 0 saturated heterocycles. The Balaban J connectivity index is 0.000000408. The van der Waals surface area contributed by atoms with Crippen molar-refractivity contribution in [3.63, 3.8) is 0 Å². The molecule has 115 valence electrons. The van der Waals surface area contributed by atoms with Crippen LogP contribution in [-0.4, -0.2) is 21.3 Å². The minimum atomic E-state index is 0.436. The Morgan fingerprint density at radius 1 is 0.684 bits per heavy atom. The molecule has 3 aliphatic rings. The van der Waals surface area contributed by atoms with Crippen molar-refractivity contribution in [1.82, 2.24) is 0 Å². The Bertz CT molecular complexity index is 193. The van der Waals surface area contributed by atoms with Crippen molar-refractivity contribution in [3.8, 4) is 0 Å². The van der Waals surface area contributed by atoms with E-state index in [9.17, 15) is 0 Å². The van der Waals surface area contributed by atoms with Gasteiger partial charge in [0.1, 0.15) is 0 Å². The van der Waals surface area contributed by atoms with Gasteiger partial charge in [0.15, 0.2) is 0 Å². The zero-order chi connectivity index (χ0) is 13.5. The van der Waals surface area contributed by atoms with Crippen LogP contribution in [0.3, 0.4) is 0 Å². The van der Waals surface area contributed by atoms with Crippen molar-refractivity contribution in [2.24, 2.45) is 0 Å². The second-order valence-electron chi connectivity index (χ2n) is 6.35. The molecule has 3 saturated carbocycles. The van der Waals surface area contributed by atoms with Crippen molar-refractivity contribution < 1.29 is 19.2 Å². The zero-order valence-electron chi connectivity index (χ0n) is 12.1. The van der Waals surface area contributed by atoms with Crippen molar-refractivity contribution in [3.05, 3.63) is 0 Å². The van der Waals surface area contributed by atoms with Gasteiger partial charge in [0.25, 0.3) is 0 Å².